The van der Waals surface area contributed by atoms with E-state index in [2.05, 4.69) is 0 Å². The fourth-order valence-corrected chi connectivity index (χ4v) is 2.99. The van der Waals surface area contributed by atoms with Crippen molar-refractivity contribution in [3.63, 3.8) is 0 Å². The van der Waals surface area contributed by atoms with Crippen molar-refractivity contribution in [2.24, 2.45) is 11.8 Å². The van der Waals surface area contributed by atoms with Crippen LogP contribution in [0.4, 0.5) is 0 Å². The van der Waals surface area contributed by atoms with Gasteiger partial charge in [-0.25, -0.2) is 0 Å². The standard InChI is InChI=1S/C17H30O6/c1-9(2)21-16(20)13-7-12(13)6-5-10(3)22-17-15(19)8-14(18)11(4)23-17/h9-15,17-19H,5-8H2,1-4H3/t10-,11+,12+,13+,14-,15-,17-/m1/s1. The maximum Gasteiger partial charge on any atom is 0.309 e. The maximum atomic E-state index is 11.8. The Labute approximate surface area is 138 Å². The zero-order chi connectivity index (χ0) is 17.1. The van der Waals surface area contributed by atoms with E-state index in [9.17, 15) is 15.0 Å². The molecule has 23 heavy (non-hydrogen) atoms. The Morgan fingerprint density at radius 1 is 1.22 bits per heavy atom. The molecule has 1 aliphatic carbocycles. The molecule has 0 aromatic rings. The molecule has 2 N–H and O–H groups in total. The molecule has 1 saturated heterocycles. The third-order valence-electron chi connectivity index (χ3n) is 4.58. The second-order valence-electron chi connectivity index (χ2n) is 7.19. The number of hydrogen-bond acceptors (Lipinski definition) is 6. The molecule has 1 heterocycles. The van der Waals surface area contributed by atoms with Gasteiger partial charge in [0.25, 0.3) is 0 Å². The van der Waals surface area contributed by atoms with Gasteiger partial charge in [0.05, 0.1) is 30.3 Å². The van der Waals surface area contributed by atoms with Gasteiger partial charge in [-0.05, 0) is 52.9 Å². The number of aliphatic hydroxyl groups excluding tert-OH is 2. The summed E-state index contributed by atoms with van der Waals surface area (Å²) in [6.07, 6.45) is 0.248. The molecule has 134 valence electrons. The summed E-state index contributed by atoms with van der Waals surface area (Å²) in [7, 11) is 0. The molecular formula is C17H30O6. The van der Waals surface area contributed by atoms with Crippen LogP contribution >= 0.6 is 0 Å². The average Bonchev–Trinajstić information content (AvgIpc) is 3.21. The number of carbonyl (C=O) groups is 1. The fourth-order valence-electron chi connectivity index (χ4n) is 2.99. The van der Waals surface area contributed by atoms with Crippen molar-refractivity contribution in [2.75, 3.05) is 0 Å². The summed E-state index contributed by atoms with van der Waals surface area (Å²) >= 11 is 0. The predicted molar refractivity (Wildman–Crippen MR) is 83.6 cm³/mol. The summed E-state index contributed by atoms with van der Waals surface area (Å²) in [5, 5.41) is 19.6. The van der Waals surface area contributed by atoms with Gasteiger partial charge in [0.2, 0.25) is 0 Å². The molecule has 2 rings (SSSR count). The van der Waals surface area contributed by atoms with Crippen LogP contribution in [0.25, 0.3) is 0 Å². The molecule has 2 fully saturated rings. The van der Waals surface area contributed by atoms with E-state index in [1.54, 1.807) is 6.92 Å². The fraction of sp³-hybridized carbons (Fsp3) is 0.941. The van der Waals surface area contributed by atoms with Gasteiger partial charge in [-0.15, -0.1) is 0 Å². The van der Waals surface area contributed by atoms with E-state index < -0.39 is 18.5 Å². The molecule has 0 spiro atoms. The number of esters is 1. The molecule has 0 aromatic carbocycles. The van der Waals surface area contributed by atoms with Gasteiger partial charge in [0, 0.05) is 6.42 Å². The molecule has 1 aliphatic heterocycles. The van der Waals surface area contributed by atoms with E-state index >= 15 is 0 Å². The van der Waals surface area contributed by atoms with E-state index in [1.165, 1.54) is 0 Å². The lowest BCUT2D eigenvalue weighted by Gasteiger charge is -2.36. The van der Waals surface area contributed by atoms with Gasteiger partial charge >= 0.3 is 5.97 Å². The highest BCUT2D eigenvalue weighted by atomic mass is 16.7. The summed E-state index contributed by atoms with van der Waals surface area (Å²) in [6, 6.07) is 0. The third-order valence-corrected chi connectivity index (χ3v) is 4.58. The van der Waals surface area contributed by atoms with Crippen LogP contribution in [0, 0.1) is 11.8 Å². The van der Waals surface area contributed by atoms with Gasteiger partial charge in [-0.3, -0.25) is 4.79 Å². The van der Waals surface area contributed by atoms with Crippen molar-refractivity contribution < 1.29 is 29.2 Å². The highest BCUT2D eigenvalue weighted by Crippen LogP contribution is 2.43. The van der Waals surface area contributed by atoms with Crippen LogP contribution in [0.1, 0.15) is 53.4 Å². The van der Waals surface area contributed by atoms with Gasteiger partial charge in [-0.2, -0.15) is 0 Å². The number of aliphatic hydroxyl groups is 2. The Hall–Kier alpha value is -0.690. The molecule has 0 aromatic heterocycles. The summed E-state index contributed by atoms with van der Waals surface area (Å²) in [4.78, 5) is 11.8. The zero-order valence-corrected chi connectivity index (χ0v) is 14.5. The Kier molecular flexibility index (Phi) is 6.42. The molecule has 0 bridgehead atoms. The molecule has 0 amide bonds. The largest absolute Gasteiger partial charge is 0.463 e. The molecular weight excluding hydrogens is 300 g/mol. The third kappa shape index (κ3) is 5.41. The molecule has 1 saturated carbocycles. The lowest BCUT2D eigenvalue weighted by atomic mass is 10.0. The summed E-state index contributed by atoms with van der Waals surface area (Å²) < 4.78 is 16.5. The Morgan fingerprint density at radius 2 is 1.91 bits per heavy atom. The van der Waals surface area contributed by atoms with Crippen LogP contribution in [-0.2, 0) is 19.0 Å². The minimum Gasteiger partial charge on any atom is -0.463 e. The normalized spacial score (nSPS) is 38.4. The minimum atomic E-state index is -0.807. The molecule has 7 atom stereocenters. The first-order valence-electron chi connectivity index (χ1n) is 8.65. The lowest BCUT2D eigenvalue weighted by Crippen LogP contribution is -2.48. The molecule has 0 unspecified atom stereocenters. The van der Waals surface area contributed by atoms with Crippen molar-refractivity contribution in [2.45, 2.75) is 90.2 Å². The Balaban J connectivity index is 1.66. The van der Waals surface area contributed by atoms with Crippen LogP contribution in [-0.4, -0.2) is 53.0 Å². The molecule has 6 heteroatoms. The average molecular weight is 330 g/mol. The first kappa shape index (κ1) is 18.6. The first-order valence-corrected chi connectivity index (χ1v) is 8.65. The Bertz CT molecular complexity index is 399. The first-order chi connectivity index (χ1) is 10.8. The predicted octanol–water partition coefficient (Wildman–Crippen LogP) is 1.62. The smallest absolute Gasteiger partial charge is 0.309 e. The summed E-state index contributed by atoms with van der Waals surface area (Å²) in [5.41, 5.74) is 0. The molecule has 0 radical (unpaired) electrons. The SMILES string of the molecule is CC(C)OC(=O)[C@H]1C[C@@H]1CC[C@@H](C)O[C@@H]1O[C@@H](C)[C@H](O)C[C@H]1O. The van der Waals surface area contributed by atoms with Crippen LogP contribution in [0.15, 0.2) is 0 Å². The van der Waals surface area contributed by atoms with E-state index in [1.807, 2.05) is 20.8 Å². The number of ether oxygens (including phenoxy) is 3. The van der Waals surface area contributed by atoms with Crippen LogP contribution in [0.3, 0.4) is 0 Å². The van der Waals surface area contributed by atoms with E-state index in [-0.39, 0.29) is 36.6 Å². The van der Waals surface area contributed by atoms with Crippen molar-refractivity contribution in [3.8, 4) is 0 Å². The molecule has 2 aliphatic rings. The van der Waals surface area contributed by atoms with Gasteiger partial charge in [0.1, 0.15) is 6.10 Å². The van der Waals surface area contributed by atoms with E-state index in [4.69, 9.17) is 14.2 Å². The Morgan fingerprint density at radius 3 is 2.57 bits per heavy atom. The van der Waals surface area contributed by atoms with Gasteiger partial charge < -0.3 is 24.4 Å². The summed E-state index contributed by atoms with van der Waals surface area (Å²) in [6.45, 7) is 7.43. The van der Waals surface area contributed by atoms with Crippen LogP contribution in [0.2, 0.25) is 0 Å². The van der Waals surface area contributed by atoms with Crippen molar-refractivity contribution in [1.82, 2.24) is 0 Å². The van der Waals surface area contributed by atoms with Crippen LogP contribution < -0.4 is 0 Å². The minimum absolute atomic E-state index is 0.0382. The van der Waals surface area contributed by atoms with E-state index in [0.29, 0.717) is 5.92 Å². The van der Waals surface area contributed by atoms with Crippen molar-refractivity contribution in [1.29, 1.82) is 0 Å². The second-order valence-corrected chi connectivity index (χ2v) is 7.19. The highest BCUT2D eigenvalue weighted by molar-refractivity contribution is 5.75. The van der Waals surface area contributed by atoms with Crippen molar-refractivity contribution >= 4 is 5.97 Å². The maximum absolute atomic E-state index is 11.8. The highest BCUT2D eigenvalue weighted by Gasteiger charge is 2.44. The van der Waals surface area contributed by atoms with Gasteiger partial charge in [-0.1, -0.05) is 0 Å². The number of hydrogen-bond donors (Lipinski definition) is 2. The van der Waals surface area contributed by atoms with Crippen LogP contribution in [0.5, 0.6) is 0 Å². The second kappa shape index (κ2) is 7.92. The van der Waals surface area contributed by atoms with E-state index in [0.717, 1.165) is 19.3 Å². The number of carbonyl (C=O) groups excluding carboxylic acids is 1. The zero-order valence-electron chi connectivity index (χ0n) is 14.5. The summed E-state index contributed by atoms with van der Waals surface area (Å²) in [5.74, 6) is 0.328. The number of rotatable bonds is 7. The monoisotopic (exact) mass is 330 g/mol. The van der Waals surface area contributed by atoms with Gasteiger partial charge in [0.15, 0.2) is 6.29 Å². The topological polar surface area (TPSA) is 85.2 Å². The molecule has 6 nitrogen and oxygen atoms in total. The quantitative estimate of drug-likeness (QED) is 0.690. The lowest BCUT2D eigenvalue weighted by molar-refractivity contribution is -0.273. The van der Waals surface area contributed by atoms with Crippen molar-refractivity contribution in [3.05, 3.63) is 0 Å².